The molecule has 1 aliphatic rings. The molecule has 0 aromatic carbocycles. The summed E-state index contributed by atoms with van der Waals surface area (Å²) >= 11 is 0. The van der Waals surface area contributed by atoms with Crippen LogP contribution in [0.5, 0.6) is 0 Å². The van der Waals surface area contributed by atoms with Gasteiger partial charge in [-0.05, 0) is 25.1 Å². The number of carbonyl (C=O) groups excluding carboxylic acids is 3. The third-order valence-corrected chi connectivity index (χ3v) is 10.9. The van der Waals surface area contributed by atoms with Crippen LogP contribution in [-0.2, 0) is 37.8 Å². The van der Waals surface area contributed by atoms with Crippen LogP contribution >= 0.6 is 0 Å². The topological polar surface area (TPSA) is 152 Å². The fourth-order valence-corrected chi connectivity index (χ4v) is 4.53. The van der Waals surface area contributed by atoms with E-state index < -0.39 is 68.1 Å². The third-order valence-electron chi connectivity index (χ3n) is 6.35. The number of rotatable bonds is 7. The second-order valence-electron chi connectivity index (χ2n) is 10.3. The van der Waals surface area contributed by atoms with Crippen LogP contribution in [0.25, 0.3) is 0 Å². The van der Waals surface area contributed by atoms with Crippen molar-refractivity contribution < 1.29 is 37.8 Å². The van der Waals surface area contributed by atoms with Gasteiger partial charge in [0.15, 0.2) is 32.9 Å². The Labute approximate surface area is 210 Å². The molecular weight excluding hydrogens is 492 g/mol. The number of hydrogen-bond donors (Lipinski definition) is 1. The van der Waals surface area contributed by atoms with E-state index in [1.165, 1.54) is 20.0 Å². The molecule has 202 valence electrons. The van der Waals surface area contributed by atoms with Crippen LogP contribution in [0.2, 0.25) is 18.1 Å². The standard InChI is InChI=1S/C23H36N2O10Si/c1-12-10-25(22(30)24-20(12)29)21-19(34-15(4)28)18(33-14(3)27)17(32-13(2)26)16(35-21)11-31-36(8,9)23(5,6)7/h10,16-19,21H,11H2,1-9H3,(H,24,29,30)/t16-,17-,18+,19-,21-/m1/s1. The summed E-state index contributed by atoms with van der Waals surface area (Å²) in [6, 6.07) is 0. The van der Waals surface area contributed by atoms with Crippen LogP contribution in [-0.4, -0.2) is 66.8 Å². The Morgan fingerprint density at radius 1 is 0.972 bits per heavy atom. The minimum Gasteiger partial charge on any atom is -0.456 e. The largest absolute Gasteiger partial charge is 0.456 e. The maximum atomic E-state index is 12.7. The molecule has 5 atom stereocenters. The summed E-state index contributed by atoms with van der Waals surface area (Å²) in [5.41, 5.74) is -1.23. The van der Waals surface area contributed by atoms with Gasteiger partial charge in [-0.25, -0.2) is 4.79 Å². The van der Waals surface area contributed by atoms with Crippen LogP contribution in [0.15, 0.2) is 15.8 Å². The highest BCUT2D eigenvalue weighted by molar-refractivity contribution is 6.74. The summed E-state index contributed by atoms with van der Waals surface area (Å²) in [7, 11) is -2.31. The first-order chi connectivity index (χ1) is 16.4. The Bertz CT molecular complexity index is 1100. The zero-order valence-corrected chi connectivity index (χ0v) is 23.2. The number of nitrogens with zero attached hydrogens (tertiary/aromatic N) is 1. The molecule has 12 nitrogen and oxygen atoms in total. The molecule has 1 aliphatic heterocycles. The van der Waals surface area contributed by atoms with Gasteiger partial charge in [-0.2, -0.15) is 0 Å². The molecule has 2 heterocycles. The predicted octanol–water partition coefficient (Wildman–Crippen LogP) is 1.56. The summed E-state index contributed by atoms with van der Waals surface area (Å²) in [6.45, 7) is 15.1. The SMILES string of the molecule is CC(=O)O[C@@H]1[C@@H](OC(C)=O)[C@H](n2cc(C)c(=O)[nH]c2=O)O[C@H](CO[Si](C)(C)C(C)(C)C)[C@H]1OC(C)=O. The number of nitrogens with one attached hydrogen (secondary N) is 1. The highest BCUT2D eigenvalue weighted by Gasteiger charge is 2.53. The molecule has 0 spiro atoms. The fraction of sp³-hybridized carbons (Fsp3) is 0.696. The van der Waals surface area contributed by atoms with E-state index in [0.717, 1.165) is 18.4 Å². The molecule has 0 bridgehead atoms. The number of ether oxygens (including phenoxy) is 4. The Morgan fingerprint density at radius 3 is 1.97 bits per heavy atom. The van der Waals surface area contributed by atoms with Crippen molar-refractivity contribution in [3.63, 3.8) is 0 Å². The van der Waals surface area contributed by atoms with Gasteiger partial charge >= 0.3 is 23.6 Å². The molecule has 1 N–H and O–H groups in total. The van der Waals surface area contributed by atoms with Crippen molar-refractivity contribution in [2.24, 2.45) is 0 Å². The summed E-state index contributed by atoms with van der Waals surface area (Å²) in [5.74, 6) is -2.17. The molecule has 0 saturated carbocycles. The lowest BCUT2D eigenvalue weighted by Crippen LogP contribution is -2.62. The minimum absolute atomic E-state index is 0.0629. The van der Waals surface area contributed by atoms with Crippen molar-refractivity contribution in [2.75, 3.05) is 6.61 Å². The van der Waals surface area contributed by atoms with Crippen molar-refractivity contribution in [1.29, 1.82) is 0 Å². The number of hydrogen-bond acceptors (Lipinski definition) is 10. The van der Waals surface area contributed by atoms with E-state index in [-0.39, 0.29) is 17.2 Å². The maximum absolute atomic E-state index is 12.7. The smallest absolute Gasteiger partial charge is 0.330 e. The van der Waals surface area contributed by atoms with E-state index in [1.54, 1.807) is 0 Å². The lowest BCUT2D eigenvalue weighted by Gasteiger charge is -2.46. The van der Waals surface area contributed by atoms with Crippen LogP contribution in [0.1, 0.15) is 53.3 Å². The zero-order chi connectivity index (χ0) is 27.6. The number of carbonyl (C=O) groups is 3. The Balaban J connectivity index is 2.65. The fourth-order valence-electron chi connectivity index (χ4n) is 3.51. The molecular formula is C23H36N2O10Si. The van der Waals surface area contributed by atoms with Gasteiger partial charge in [0, 0.05) is 32.5 Å². The number of esters is 3. The van der Waals surface area contributed by atoms with Crippen molar-refractivity contribution in [3.05, 3.63) is 32.6 Å². The molecule has 1 aromatic heterocycles. The Kier molecular flexibility index (Phi) is 9.08. The molecule has 1 aromatic rings. The highest BCUT2D eigenvalue weighted by atomic mass is 28.4. The second kappa shape index (κ2) is 11.1. The first-order valence-electron chi connectivity index (χ1n) is 11.6. The molecule has 0 amide bonds. The quantitative estimate of drug-likeness (QED) is 0.313. The van der Waals surface area contributed by atoms with Gasteiger partial charge in [-0.15, -0.1) is 0 Å². The van der Waals surface area contributed by atoms with Gasteiger partial charge in [-0.1, -0.05) is 20.8 Å². The lowest BCUT2D eigenvalue weighted by molar-refractivity contribution is -0.267. The lowest BCUT2D eigenvalue weighted by atomic mass is 9.97. The predicted molar refractivity (Wildman–Crippen MR) is 130 cm³/mol. The highest BCUT2D eigenvalue weighted by Crippen LogP contribution is 2.38. The summed E-state index contributed by atoms with van der Waals surface area (Å²) in [5, 5.41) is -0.152. The van der Waals surface area contributed by atoms with E-state index >= 15 is 0 Å². The van der Waals surface area contributed by atoms with Gasteiger partial charge in [0.2, 0.25) is 0 Å². The second-order valence-corrected chi connectivity index (χ2v) is 15.1. The minimum atomic E-state index is -2.31. The van der Waals surface area contributed by atoms with E-state index in [1.807, 2.05) is 33.9 Å². The Hall–Kier alpha value is -2.77. The van der Waals surface area contributed by atoms with Crippen LogP contribution < -0.4 is 11.2 Å². The third kappa shape index (κ3) is 6.92. The molecule has 0 radical (unpaired) electrons. The van der Waals surface area contributed by atoms with E-state index in [4.69, 9.17) is 23.4 Å². The van der Waals surface area contributed by atoms with Gasteiger partial charge in [0.05, 0.1) is 6.61 Å². The molecule has 2 rings (SSSR count). The number of aryl methyl sites for hydroxylation is 1. The summed E-state index contributed by atoms with van der Waals surface area (Å²) < 4.78 is 30.0. The number of aromatic nitrogens is 2. The van der Waals surface area contributed by atoms with Crippen LogP contribution in [0, 0.1) is 6.92 Å². The monoisotopic (exact) mass is 528 g/mol. The molecule has 0 aliphatic carbocycles. The Morgan fingerprint density at radius 2 is 1.47 bits per heavy atom. The molecule has 1 saturated heterocycles. The van der Waals surface area contributed by atoms with Gasteiger partial charge in [-0.3, -0.25) is 28.7 Å². The van der Waals surface area contributed by atoms with E-state index in [9.17, 15) is 24.0 Å². The molecule has 0 unspecified atom stereocenters. The maximum Gasteiger partial charge on any atom is 0.330 e. The first kappa shape index (κ1) is 29.5. The van der Waals surface area contributed by atoms with Gasteiger partial charge in [0.1, 0.15) is 6.10 Å². The van der Waals surface area contributed by atoms with Crippen molar-refractivity contribution in [1.82, 2.24) is 9.55 Å². The summed E-state index contributed by atoms with van der Waals surface area (Å²) in [4.78, 5) is 62.9. The molecule has 1 fully saturated rings. The first-order valence-corrected chi connectivity index (χ1v) is 14.5. The van der Waals surface area contributed by atoms with Crippen molar-refractivity contribution in [3.8, 4) is 0 Å². The van der Waals surface area contributed by atoms with Crippen molar-refractivity contribution >= 4 is 26.2 Å². The summed E-state index contributed by atoms with van der Waals surface area (Å²) in [6.07, 6.45) is -5.02. The zero-order valence-electron chi connectivity index (χ0n) is 22.2. The van der Waals surface area contributed by atoms with Crippen molar-refractivity contribution in [2.45, 2.75) is 97.2 Å². The van der Waals surface area contributed by atoms with E-state index in [2.05, 4.69) is 4.98 Å². The number of aromatic amines is 1. The van der Waals surface area contributed by atoms with Crippen LogP contribution in [0.3, 0.4) is 0 Å². The normalized spacial score (nSPS) is 24.6. The van der Waals surface area contributed by atoms with E-state index in [0.29, 0.717) is 0 Å². The average Bonchev–Trinajstić information content (AvgIpc) is 2.70. The average molecular weight is 529 g/mol. The van der Waals surface area contributed by atoms with Gasteiger partial charge in [0.25, 0.3) is 5.56 Å². The molecule has 36 heavy (non-hydrogen) atoms. The molecule has 13 heteroatoms. The van der Waals surface area contributed by atoms with Gasteiger partial charge < -0.3 is 23.4 Å². The van der Waals surface area contributed by atoms with Crippen LogP contribution in [0.4, 0.5) is 0 Å². The number of H-pyrrole nitrogens is 1.